The number of aromatic amines is 1. The van der Waals surface area contributed by atoms with Crippen LogP contribution in [-0.2, 0) is 17.8 Å². The zero-order chi connectivity index (χ0) is 26.0. The number of benzene rings is 3. The minimum absolute atomic E-state index is 0.00156. The molecule has 6 heteroatoms. The van der Waals surface area contributed by atoms with Crippen molar-refractivity contribution in [3.05, 3.63) is 95.7 Å². The second kappa shape index (κ2) is 13.0. The van der Waals surface area contributed by atoms with Crippen LogP contribution in [0.15, 0.2) is 79.0 Å². The highest BCUT2D eigenvalue weighted by molar-refractivity contribution is 5.83. The number of ether oxygens (including phenoxy) is 2. The summed E-state index contributed by atoms with van der Waals surface area (Å²) in [6, 6.07) is 24.2. The molecule has 0 radical (unpaired) electrons. The van der Waals surface area contributed by atoms with Crippen molar-refractivity contribution >= 4 is 16.8 Å². The molecule has 1 aromatic heterocycles. The quantitative estimate of drug-likeness (QED) is 0.260. The van der Waals surface area contributed by atoms with Gasteiger partial charge in [-0.25, -0.2) is 0 Å². The minimum Gasteiger partial charge on any atom is -0.496 e. The lowest BCUT2D eigenvalue weighted by Gasteiger charge is -2.27. The van der Waals surface area contributed by atoms with Gasteiger partial charge in [-0.15, -0.1) is 0 Å². The molecular formula is C31H37N3O3. The van der Waals surface area contributed by atoms with Crippen LogP contribution in [0.3, 0.4) is 0 Å². The van der Waals surface area contributed by atoms with Crippen LogP contribution >= 0.6 is 0 Å². The van der Waals surface area contributed by atoms with Gasteiger partial charge in [0.2, 0.25) is 0 Å². The predicted octanol–water partition coefficient (Wildman–Crippen LogP) is 5.36. The largest absolute Gasteiger partial charge is 0.496 e. The summed E-state index contributed by atoms with van der Waals surface area (Å²) in [5.74, 6) is 1.70. The molecule has 0 aliphatic rings. The lowest BCUT2D eigenvalue weighted by atomic mass is 9.97. The van der Waals surface area contributed by atoms with Crippen LogP contribution in [-0.4, -0.2) is 49.1 Å². The van der Waals surface area contributed by atoms with E-state index >= 15 is 0 Å². The van der Waals surface area contributed by atoms with Crippen molar-refractivity contribution in [2.24, 2.45) is 5.92 Å². The van der Waals surface area contributed by atoms with Crippen LogP contribution in [0.1, 0.15) is 23.6 Å². The highest BCUT2D eigenvalue weighted by Crippen LogP contribution is 2.23. The normalized spacial score (nSPS) is 12.0. The highest BCUT2D eigenvalue weighted by atomic mass is 16.5. The number of hydrogen-bond donors (Lipinski definition) is 2. The summed E-state index contributed by atoms with van der Waals surface area (Å²) in [5.41, 5.74) is 4.71. The van der Waals surface area contributed by atoms with Crippen molar-refractivity contribution in [1.82, 2.24) is 15.2 Å². The number of H-pyrrole nitrogens is 1. The van der Waals surface area contributed by atoms with Crippen molar-refractivity contribution in [1.29, 1.82) is 0 Å². The summed E-state index contributed by atoms with van der Waals surface area (Å²) < 4.78 is 11.3. The summed E-state index contributed by atoms with van der Waals surface area (Å²) in [6.07, 6.45) is 2.95. The van der Waals surface area contributed by atoms with Crippen LogP contribution < -0.4 is 14.8 Å². The molecule has 0 spiro atoms. The first-order valence-corrected chi connectivity index (χ1v) is 12.9. The standard InChI is InChI=1S/C31H37N3O3/c1-4-34(21-25-9-5-8-12-30(25)36-3)20-24(17-26-19-32-29-11-7-6-10-28(26)29)18-33-31(35)22-37-27-15-13-23(2)14-16-27/h5-16,19,24,32H,4,17-18,20-22H2,1-3H3,(H,33,35). The van der Waals surface area contributed by atoms with Crippen LogP contribution in [0.2, 0.25) is 0 Å². The van der Waals surface area contributed by atoms with E-state index < -0.39 is 0 Å². The molecule has 4 rings (SSSR count). The first-order chi connectivity index (χ1) is 18.1. The first-order valence-electron chi connectivity index (χ1n) is 12.9. The molecule has 1 unspecified atom stereocenters. The zero-order valence-electron chi connectivity index (χ0n) is 22.0. The maximum absolute atomic E-state index is 12.7. The highest BCUT2D eigenvalue weighted by Gasteiger charge is 2.19. The minimum atomic E-state index is -0.114. The molecule has 0 saturated heterocycles. The fourth-order valence-electron chi connectivity index (χ4n) is 4.65. The number of amides is 1. The molecular weight excluding hydrogens is 462 g/mol. The second-order valence-electron chi connectivity index (χ2n) is 9.48. The lowest BCUT2D eigenvalue weighted by Crippen LogP contribution is -2.39. The van der Waals surface area contributed by atoms with E-state index in [2.05, 4.69) is 52.6 Å². The maximum atomic E-state index is 12.7. The second-order valence-corrected chi connectivity index (χ2v) is 9.48. The van der Waals surface area contributed by atoms with Gasteiger partial charge in [0, 0.05) is 42.3 Å². The van der Waals surface area contributed by atoms with E-state index in [9.17, 15) is 4.79 Å². The topological polar surface area (TPSA) is 66.6 Å². The van der Waals surface area contributed by atoms with Crippen LogP contribution in [0, 0.1) is 12.8 Å². The molecule has 0 saturated carbocycles. The Morgan fingerprint density at radius 1 is 1.00 bits per heavy atom. The maximum Gasteiger partial charge on any atom is 0.257 e. The van der Waals surface area contributed by atoms with E-state index in [0.717, 1.165) is 48.4 Å². The van der Waals surface area contributed by atoms with Gasteiger partial charge in [0.15, 0.2) is 6.61 Å². The van der Waals surface area contributed by atoms with E-state index in [1.54, 1.807) is 7.11 Å². The zero-order valence-corrected chi connectivity index (χ0v) is 22.0. The van der Waals surface area contributed by atoms with Gasteiger partial charge in [-0.3, -0.25) is 9.69 Å². The van der Waals surface area contributed by atoms with Gasteiger partial charge < -0.3 is 19.8 Å². The van der Waals surface area contributed by atoms with E-state index in [1.807, 2.05) is 55.5 Å². The van der Waals surface area contributed by atoms with E-state index in [1.165, 1.54) is 10.9 Å². The average Bonchev–Trinajstić information content (AvgIpc) is 3.33. The van der Waals surface area contributed by atoms with Gasteiger partial charge in [-0.2, -0.15) is 0 Å². The van der Waals surface area contributed by atoms with Crippen LogP contribution in [0.5, 0.6) is 11.5 Å². The molecule has 4 aromatic rings. The van der Waals surface area contributed by atoms with Crippen molar-refractivity contribution in [2.45, 2.75) is 26.8 Å². The van der Waals surface area contributed by atoms with Gasteiger partial charge >= 0.3 is 0 Å². The molecule has 3 aromatic carbocycles. The van der Waals surface area contributed by atoms with E-state index in [-0.39, 0.29) is 18.4 Å². The molecule has 0 aliphatic heterocycles. The number of nitrogens with one attached hydrogen (secondary N) is 2. The Bertz CT molecular complexity index is 1280. The van der Waals surface area contributed by atoms with Crippen molar-refractivity contribution < 1.29 is 14.3 Å². The van der Waals surface area contributed by atoms with Crippen LogP contribution in [0.25, 0.3) is 10.9 Å². The first kappa shape index (κ1) is 26.3. The number of aryl methyl sites for hydroxylation is 1. The van der Waals surface area contributed by atoms with E-state index in [4.69, 9.17) is 9.47 Å². The third-order valence-electron chi connectivity index (χ3n) is 6.71. The Morgan fingerprint density at radius 2 is 1.76 bits per heavy atom. The fraction of sp³-hybridized carbons (Fsp3) is 0.323. The number of para-hydroxylation sites is 2. The summed E-state index contributed by atoms with van der Waals surface area (Å²) in [4.78, 5) is 18.5. The van der Waals surface area contributed by atoms with E-state index in [0.29, 0.717) is 12.3 Å². The predicted molar refractivity (Wildman–Crippen MR) is 149 cm³/mol. The Hall–Kier alpha value is -3.77. The number of carbonyl (C=O) groups is 1. The molecule has 194 valence electrons. The van der Waals surface area contributed by atoms with Gasteiger partial charge in [-0.05, 0) is 55.6 Å². The smallest absolute Gasteiger partial charge is 0.257 e. The number of rotatable bonds is 13. The molecule has 1 amide bonds. The SMILES string of the molecule is CCN(Cc1ccccc1OC)CC(CNC(=O)COc1ccc(C)cc1)Cc1c[nH]c2ccccc12. The lowest BCUT2D eigenvalue weighted by molar-refractivity contribution is -0.123. The Balaban J connectivity index is 1.43. The van der Waals surface area contributed by atoms with Gasteiger partial charge in [-0.1, -0.05) is 61.0 Å². The fourth-order valence-corrected chi connectivity index (χ4v) is 4.65. The van der Waals surface area contributed by atoms with Gasteiger partial charge in [0.1, 0.15) is 11.5 Å². The van der Waals surface area contributed by atoms with Gasteiger partial charge in [0.25, 0.3) is 5.91 Å². The Morgan fingerprint density at radius 3 is 2.54 bits per heavy atom. The number of nitrogens with zero attached hydrogens (tertiary/aromatic N) is 1. The monoisotopic (exact) mass is 499 g/mol. The third-order valence-corrected chi connectivity index (χ3v) is 6.71. The summed E-state index contributed by atoms with van der Waals surface area (Å²) >= 11 is 0. The molecule has 1 heterocycles. The average molecular weight is 500 g/mol. The number of methoxy groups -OCH3 is 1. The summed E-state index contributed by atoms with van der Waals surface area (Å²) in [5, 5.41) is 4.35. The number of aromatic nitrogens is 1. The summed E-state index contributed by atoms with van der Waals surface area (Å²) in [6.45, 7) is 7.29. The molecule has 37 heavy (non-hydrogen) atoms. The number of carbonyl (C=O) groups excluding carboxylic acids is 1. The van der Waals surface area contributed by atoms with Crippen LogP contribution in [0.4, 0.5) is 0 Å². The molecule has 0 fully saturated rings. The Labute approximate surface area is 219 Å². The molecule has 6 nitrogen and oxygen atoms in total. The van der Waals surface area contributed by atoms with Gasteiger partial charge in [0.05, 0.1) is 7.11 Å². The number of fused-ring (bicyclic) bond motifs is 1. The Kier molecular flexibility index (Phi) is 9.22. The summed E-state index contributed by atoms with van der Waals surface area (Å²) in [7, 11) is 1.71. The molecule has 1 atom stereocenters. The van der Waals surface area contributed by atoms with Crippen molar-refractivity contribution in [2.75, 3.05) is 33.4 Å². The van der Waals surface area contributed by atoms with Crippen molar-refractivity contribution in [3.63, 3.8) is 0 Å². The molecule has 0 bridgehead atoms. The number of hydrogen-bond acceptors (Lipinski definition) is 4. The molecule has 0 aliphatic carbocycles. The third kappa shape index (κ3) is 7.37. The molecule has 2 N–H and O–H groups in total. The van der Waals surface area contributed by atoms with Crippen molar-refractivity contribution in [3.8, 4) is 11.5 Å².